The van der Waals surface area contributed by atoms with Crippen LogP contribution in [0.5, 0.6) is 0 Å². The fourth-order valence-corrected chi connectivity index (χ4v) is 4.67. The van der Waals surface area contributed by atoms with Crippen molar-refractivity contribution in [2.75, 3.05) is 5.32 Å². The molecule has 1 heterocycles. The van der Waals surface area contributed by atoms with Gasteiger partial charge < -0.3 is 9.88 Å². The van der Waals surface area contributed by atoms with Crippen molar-refractivity contribution in [2.24, 2.45) is 0 Å². The average Bonchev–Trinajstić information content (AvgIpc) is 2.77. The molecule has 0 saturated carbocycles. The van der Waals surface area contributed by atoms with Crippen molar-refractivity contribution in [1.29, 1.82) is 0 Å². The highest BCUT2D eigenvalue weighted by Crippen LogP contribution is 2.22. The number of halogens is 2. The molecule has 0 aliphatic carbocycles. The van der Waals surface area contributed by atoms with E-state index in [1.807, 2.05) is 0 Å². The molecule has 0 unspecified atom stereocenters. The lowest BCUT2D eigenvalue weighted by molar-refractivity contribution is -0.116. The third-order valence-corrected chi connectivity index (χ3v) is 6.56. The van der Waals surface area contributed by atoms with Crippen molar-refractivity contribution in [3.63, 3.8) is 0 Å². The summed E-state index contributed by atoms with van der Waals surface area (Å²) < 4.78 is 54.4. The molecule has 0 bridgehead atoms. The predicted octanol–water partition coefficient (Wildman–Crippen LogP) is 3.75. The Bertz CT molecular complexity index is 1480. The zero-order valence-corrected chi connectivity index (χ0v) is 17.3. The van der Waals surface area contributed by atoms with Crippen molar-refractivity contribution in [3.8, 4) is 0 Å². The number of rotatable bonds is 5. The number of hydrogen-bond acceptors (Lipinski definition) is 4. The van der Waals surface area contributed by atoms with Crippen LogP contribution in [0.2, 0.25) is 0 Å². The van der Waals surface area contributed by atoms with Gasteiger partial charge in [-0.3, -0.25) is 9.59 Å². The SMILES string of the molecule is O=C(Cn1cc(S(=O)(=O)c2ccccc2)c(=O)c2cc(F)ccc21)Nc1ccc(F)cc1. The van der Waals surface area contributed by atoms with Gasteiger partial charge in [0.1, 0.15) is 23.1 Å². The summed E-state index contributed by atoms with van der Waals surface area (Å²) in [5, 5.41) is 2.40. The molecule has 0 spiro atoms. The Kier molecular flexibility index (Phi) is 5.58. The number of pyridine rings is 1. The second-order valence-corrected chi connectivity index (χ2v) is 8.90. The van der Waals surface area contributed by atoms with Gasteiger partial charge in [-0.25, -0.2) is 17.2 Å². The van der Waals surface area contributed by atoms with Crippen LogP contribution in [0.1, 0.15) is 0 Å². The van der Waals surface area contributed by atoms with Crippen LogP contribution >= 0.6 is 0 Å². The van der Waals surface area contributed by atoms with Gasteiger partial charge in [0.05, 0.1) is 10.4 Å². The highest BCUT2D eigenvalue weighted by Gasteiger charge is 2.24. The van der Waals surface area contributed by atoms with Gasteiger partial charge in [0, 0.05) is 17.3 Å². The fourth-order valence-electron chi connectivity index (χ4n) is 3.28. The van der Waals surface area contributed by atoms with Crippen LogP contribution in [0.4, 0.5) is 14.5 Å². The minimum absolute atomic E-state index is 0.102. The molecule has 4 rings (SSSR count). The molecule has 32 heavy (non-hydrogen) atoms. The van der Waals surface area contributed by atoms with Crippen molar-refractivity contribution in [2.45, 2.75) is 16.3 Å². The van der Waals surface area contributed by atoms with Crippen LogP contribution in [-0.4, -0.2) is 18.9 Å². The third-order valence-electron chi connectivity index (χ3n) is 4.79. The summed E-state index contributed by atoms with van der Waals surface area (Å²) in [7, 11) is -4.23. The van der Waals surface area contributed by atoms with Gasteiger partial charge in [0.25, 0.3) is 0 Å². The van der Waals surface area contributed by atoms with E-state index in [9.17, 15) is 26.8 Å². The van der Waals surface area contributed by atoms with Gasteiger partial charge in [0.15, 0.2) is 0 Å². The molecular weight excluding hydrogens is 438 g/mol. The number of anilines is 1. The molecule has 0 radical (unpaired) electrons. The summed E-state index contributed by atoms with van der Waals surface area (Å²) in [6, 6.07) is 15.8. The van der Waals surface area contributed by atoms with Crippen LogP contribution in [-0.2, 0) is 21.2 Å². The van der Waals surface area contributed by atoms with E-state index < -0.39 is 37.7 Å². The molecule has 0 fully saturated rings. The molecule has 3 aromatic carbocycles. The largest absolute Gasteiger partial charge is 0.336 e. The topological polar surface area (TPSA) is 85.2 Å². The minimum Gasteiger partial charge on any atom is -0.336 e. The smallest absolute Gasteiger partial charge is 0.244 e. The zero-order valence-electron chi connectivity index (χ0n) is 16.5. The second-order valence-electron chi connectivity index (χ2n) is 6.98. The number of benzene rings is 3. The molecule has 0 atom stereocenters. The van der Waals surface area contributed by atoms with E-state index in [-0.39, 0.29) is 22.3 Å². The summed E-state index contributed by atoms with van der Waals surface area (Å²) in [4.78, 5) is 24.9. The Morgan fingerprint density at radius 3 is 2.25 bits per heavy atom. The monoisotopic (exact) mass is 454 g/mol. The molecule has 6 nitrogen and oxygen atoms in total. The van der Waals surface area contributed by atoms with Gasteiger partial charge in [-0.1, -0.05) is 18.2 Å². The summed E-state index contributed by atoms with van der Waals surface area (Å²) in [6.07, 6.45) is 1.08. The van der Waals surface area contributed by atoms with E-state index in [4.69, 9.17) is 0 Å². The van der Waals surface area contributed by atoms with Crippen LogP contribution < -0.4 is 10.7 Å². The summed E-state index contributed by atoms with van der Waals surface area (Å²) in [5.74, 6) is -1.73. The van der Waals surface area contributed by atoms with Crippen LogP contribution in [0, 0.1) is 11.6 Å². The van der Waals surface area contributed by atoms with Crippen molar-refractivity contribution < 1.29 is 22.0 Å². The van der Waals surface area contributed by atoms with E-state index in [2.05, 4.69) is 5.32 Å². The maximum atomic E-state index is 13.9. The molecule has 0 saturated heterocycles. The Morgan fingerprint density at radius 1 is 0.906 bits per heavy atom. The Morgan fingerprint density at radius 2 is 1.56 bits per heavy atom. The lowest BCUT2D eigenvalue weighted by Crippen LogP contribution is -2.24. The number of carbonyl (C=O) groups excluding carboxylic acids is 1. The molecule has 0 aliphatic heterocycles. The number of hydrogen-bond donors (Lipinski definition) is 1. The number of aromatic nitrogens is 1. The Balaban J connectivity index is 1.81. The first-order chi connectivity index (χ1) is 15.3. The quantitative estimate of drug-likeness (QED) is 0.498. The summed E-state index contributed by atoms with van der Waals surface area (Å²) in [5.41, 5.74) is -0.332. The Labute approximate surface area is 181 Å². The average molecular weight is 454 g/mol. The molecular formula is C23H16F2N2O4S. The fraction of sp³-hybridized carbons (Fsp3) is 0.0435. The number of amides is 1. The maximum absolute atomic E-state index is 13.9. The molecule has 4 aromatic rings. The highest BCUT2D eigenvalue weighted by molar-refractivity contribution is 7.91. The molecule has 162 valence electrons. The maximum Gasteiger partial charge on any atom is 0.244 e. The molecule has 0 aliphatic rings. The van der Waals surface area contributed by atoms with E-state index >= 15 is 0 Å². The highest BCUT2D eigenvalue weighted by atomic mass is 32.2. The van der Waals surface area contributed by atoms with Crippen LogP contribution in [0.15, 0.2) is 93.6 Å². The van der Waals surface area contributed by atoms with Gasteiger partial charge in [-0.05, 0) is 54.6 Å². The Hall–Kier alpha value is -3.85. The van der Waals surface area contributed by atoms with Crippen LogP contribution in [0.25, 0.3) is 10.9 Å². The molecule has 9 heteroatoms. The summed E-state index contributed by atoms with van der Waals surface area (Å²) in [6.45, 7) is -0.364. The van der Waals surface area contributed by atoms with Gasteiger partial charge in [-0.15, -0.1) is 0 Å². The lowest BCUT2D eigenvalue weighted by atomic mass is 10.2. The van der Waals surface area contributed by atoms with Crippen LogP contribution in [0.3, 0.4) is 0 Å². The predicted molar refractivity (Wildman–Crippen MR) is 115 cm³/mol. The zero-order chi connectivity index (χ0) is 22.9. The first-order valence-electron chi connectivity index (χ1n) is 9.44. The van der Waals surface area contributed by atoms with E-state index in [0.29, 0.717) is 5.69 Å². The normalized spacial score (nSPS) is 11.4. The number of nitrogens with one attached hydrogen (secondary N) is 1. The standard InChI is InChI=1S/C23H16F2N2O4S/c24-15-6-9-17(10-7-15)26-22(28)14-27-13-21(32(30,31)18-4-2-1-3-5-18)23(29)19-12-16(25)8-11-20(19)27/h1-13H,14H2,(H,26,28). The van der Waals surface area contributed by atoms with E-state index in [0.717, 1.165) is 18.3 Å². The van der Waals surface area contributed by atoms with E-state index in [1.165, 1.54) is 59.2 Å². The first-order valence-corrected chi connectivity index (χ1v) is 10.9. The molecule has 1 amide bonds. The number of carbonyl (C=O) groups is 1. The van der Waals surface area contributed by atoms with Gasteiger partial charge in [0.2, 0.25) is 21.2 Å². The number of nitrogens with zero attached hydrogens (tertiary/aromatic N) is 1. The first kappa shape index (κ1) is 21.4. The second kappa shape index (κ2) is 8.35. The summed E-state index contributed by atoms with van der Waals surface area (Å²) >= 11 is 0. The molecule has 1 N–H and O–H groups in total. The lowest BCUT2D eigenvalue weighted by Gasteiger charge is -2.14. The van der Waals surface area contributed by atoms with Gasteiger partial charge >= 0.3 is 0 Å². The van der Waals surface area contributed by atoms with Crippen molar-refractivity contribution in [3.05, 3.63) is 101 Å². The number of fused-ring (bicyclic) bond motifs is 1. The van der Waals surface area contributed by atoms with E-state index in [1.54, 1.807) is 6.07 Å². The third kappa shape index (κ3) is 4.15. The van der Waals surface area contributed by atoms with Crippen molar-refractivity contribution in [1.82, 2.24) is 4.57 Å². The molecule has 1 aromatic heterocycles. The van der Waals surface area contributed by atoms with Crippen molar-refractivity contribution >= 4 is 32.3 Å². The minimum atomic E-state index is -4.23. The number of sulfone groups is 1. The van der Waals surface area contributed by atoms with Gasteiger partial charge in [-0.2, -0.15) is 0 Å².